The molecule has 140 valence electrons. The number of hydrogen-bond donors (Lipinski definition) is 1. The van der Waals surface area contributed by atoms with Crippen LogP contribution in [0.3, 0.4) is 0 Å². The number of aryl methyl sites for hydroxylation is 1. The number of Topliss-reactive ketones (excluding diaryl/α,β-unsaturated/α-hetero) is 1. The normalized spacial score (nSPS) is 11.5. The maximum absolute atomic E-state index is 12.6. The fraction of sp³-hybridized carbons (Fsp3) is 0.389. The minimum absolute atomic E-state index is 0.0564. The second-order valence-corrected chi connectivity index (χ2v) is 5.67. The first kappa shape index (κ1) is 20.0. The summed E-state index contributed by atoms with van der Waals surface area (Å²) in [6, 6.07) is 5.74. The standard InChI is InChI=1S/C18H20F3N3O2/c1-26-9-8-22-12-16(25)4-3-15-10-13(6-7-23-15)17-5-2-14(11-24-17)18(19,20)21/h2,5-7,10-11,22H,3-4,8-9,12H2,1H3. The predicted molar refractivity (Wildman–Crippen MR) is 90.5 cm³/mol. The van der Waals surface area contributed by atoms with Gasteiger partial charge in [0.2, 0.25) is 0 Å². The molecule has 5 nitrogen and oxygen atoms in total. The molecule has 0 bridgehead atoms. The molecule has 0 aliphatic rings. The summed E-state index contributed by atoms with van der Waals surface area (Å²) in [5.41, 5.74) is 0.986. The van der Waals surface area contributed by atoms with Crippen molar-refractivity contribution < 1.29 is 22.7 Å². The Labute approximate surface area is 149 Å². The van der Waals surface area contributed by atoms with Crippen LogP contribution in [0.1, 0.15) is 17.7 Å². The number of carbonyl (C=O) groups excluding carboxylic acids is 1. The van der Waals surface area contributed by atoms with Crippen molar-refractivity contribution in [1.29, 1.82) is 0 Å². The van der Waals surface area contributed by atoms with E-state index >= 15 is 0 Å². The van der Waals surface area contributed by atoms with Gasteiger partial charge in [0, 0.05) is 43.7 Å². The Morgan fingerprint density at radius 1 is 1.23 bits per heavy atom. The molecule has 2 heterocycles. The zero-order valence-electron chi connectivity index (χ0n) is 14.3. The third-order valence-electron chi connectivity index (χ3n) is 3.67. The van der Waals surface area contributed by atoms with E-state index in [4.69, 9.17) is 4.74 Å². The largest absolute Gasteiger partial charge is 0.417 e. The third-order valence-corrected chi connectivity index (χ3v) is 3.67. The zero-order chi connectivity index (χ0) is 19.0. The Kier molecular flexibility index (Phi) is 7.23. The summed E-state index contributed by atoms with van der Waals surface area (Å²) in [7, 11) is 1.59. The quantitative estimate of drug-likeness (QED) is 0.691. The van der Waals surface area contributed by atoms with Crippen LogP contribution in [0.5, 0.6) is 0 Å². The first-order chi connectivity index (χ1) is 12.4. The van der Waals surface area contributed by atoms with Gasteiger partial charge in [0.25, 0.3) is 0 Å². The molecule has 0 aliphatic heterocycles. The van der Waals surface area contributed by atoms with Crippen LogP contribution in [-0.2, 0) is 22.1 Å². The van der Waals surface area contributed by atoms with Crippen LogP contribution >= 0.6 is 0 Å². The third kappa shape index (κ3) is 6.20. The molecular weight excluding hydrogens is 347 g/mol. The van der Waals surface area contributed by atoms with Gasteiger partial charge in [0.15, 0.2) is 0 Å². The average Bonchev–Trinajstić information content (AvgIpc) is 2.63. The van der Waals surface area contributed by atoms with Crippen LogP contribution in [-0.4, -0.2) is 42.6 Å². The number of nitrogens with zero attached hydrogens (tertiary/aromatic N) is 2. The molecule has 0 aromatic carbocycles. The van der Waals surface area contributed by atoms with E-state index in [0.717, 1.165) is 12.3 Å². The Bertz CT molecular complexity index is 718. The molecule has 8 heteroatoms. The summed E-state index contributed by atoms with van der Waals surface area (Å²) in [5.74, 6) is 0.0564. The highest BCUT2D eigenvalue weighted by atomic mass is 19.4. The summed E-state index contributed by atoms with van der Waals surface area (Å²) in [6.07, 6.45) is -1.25. The van der Waals surface area contributed by atoms with Gasteiger partial charge >= 0.3 is 6.18 Å². The molecular formula is C18H20F3N3O2. The van der Waals surface area contributed by atoms with Crippen molar-refractivity contribution in [2.75, 3.05) is 26.8 Å². The number of rotatable bonds is 9. The highest BCUT2D eigenvalue weighted by Gasteiger charge is 2.30. The maximum atomic E-state index is 12.6. The van der Waals surface area contributed by atoms with E-state index in [1.807, 2.05) is 0 Å². The number of aromatic nitrogens is 2. The molecule has 0 fully saturated rings. The summed E-state index contributed by atoms with van der Waals surface area (Å²) < 4.78 is 42.7. The van der Waals surface area contributed by atoms with Crippen LogP contribution < -0.4 is 5.32 Å². The number of alkyl halides is 3. The van der Waals surface area contributed by atoms with Gasteiger partial charge in [-0.25, -0.2) is 0 Å². The van der Waals surface area contributed by atoms with Gasteiger partial charge in [-0.3, -0.25) is 14.8 Å². The van der Waals surface area contributed by atoms with Crippen LogP contribution in [0.15, 0.2) is 36.7 Å². The molecule has 0 amide bonds. The average molecular weight is 367 g/mol. The first-order valence-corrected chi connectivity index (χ1v) is 8.10. The molecule has 2 aromatic rings. The van der Waals surface area contributed by atoms with E-state index in [9.17, 15) is 18.0 Å². The lowest BCUT2D eigenvalue weighted by atomic mass is 10.1. The highest BCUT2D eigenvalue weighted by molar-refractivity contribution is 5.80. The number of halogens is 3. The maximum Gasteiger partial charge on any atom is 0.417 e. The molecule has 2 rings (SSSR count). The lowest BCUT2D eigenvalue weighted by Crippen LogP contribution is -2.26. The summed E-state index contributed by atoms with van der Waals surface area (Å²) >= 11 is 0. The molecule has 0 saturated heterocycles. The number of nitrogens with one attached hydrogen (secondary N) is 1. The van der Waals surface area contributed by atoms with Crippen LogP contribution in [0.25, 0.3) is 11.3 Å². The summed E-state index contributed by atoms with van der Waals surface area (Å²) in [5, 5.41) is 2.98. The summed E-state index contributed by atoms with van der Waals surface area (Å²) in [4.78, 5) is 19.9. The van der Waals surface area contributed by atoms with Crippen molar-refractivity contribution in [3.8, 4) is 11.3 Å². The Morgan fingerprint density at radius 3 is 2.69 bits per heavy atom. The number of ether oxygens (including phenoxy) is 1. The van der Waals surface area contributed by atoms with Crippen molar-refractivity contribution >= 4 is 5.78 Å². The number of ketones is 1. The van der Waals surface area contributed by atoms with Crippen molar-refractivity contribution in [2.24, 2.45) is 0 Å². The van der Waals surface area contributed by atoms with Gasteiger partial charge < -0.3 is 10.1 Å². The molecule has 0 radical (unpaired) electrons. The number of methoxy groups -OCH3 is 1. The van der Waals surface area contributed by atoms with E-state index in [0.29, 0.717) is 42.9 Å². The predicted octanol–water partition coefficient (Wildman–Crippen LogP) is 2.90. The van der Waals surface area contributed by atoms with Crippen LogP contribution in [0, 0.1) is 0 Å². The lowest BCUT2D eigenvalue weighted by molar-refractivity contribution is -0.137. The van der Waals surface area contributed by atoms with Gasteiger partial charge in [0.05, 0.1) is 24.4 Å². The first-order valence-electron chi connectivity index (χ1n) is 8.10. The van der Waals surface area contributed by atoms with Crippen molar-refractivity contribution in [3.63, 3.8) is 0 Å². The Morgan fingerprint density at radius 2 is 2.04 bits per heavy atom. The second kappa shape index (κ2) is 9.40. The van der Waals surface area contributed by atoms with Gasteiger partial charge in [-0.05, 0) is 30.7 Å². The SMILES string of the molecule is COCCNCC(=O)CCc1cc(-c2ccc(C(F)(F)F)cn2)ccn1. The monoisotopic (exact) mass is 367 g/mol. The smallest absolute Gasteiger partial charge is 0.383 e. The fourth-order valence-electron chi connectivity index (χ4n) is 2.26. The minimum Gasteiger partial charge on any atom is -0.383 e. The van der Waals surface area contributed by atoms with E-state index in [1.54, 1.807) is 25.4 Å². The van der Waals surface area contributed by atoms with Crippen molar-refractivity contribution in [2.45, 2.75) is 19.0 Å². The van der Waals surface area contributed by atoms with E-state index in [-0.39, 0.29) is 12.3 Å². The molecule has 0 aliphatic carbocycles. The molecule has 2 aromatic heterocycles. The van der Waals surface area contributed by atoms with E-state index in [1.165, 1.54) is 6.07 Å². The van der Waals surface area contributed by atoms with Crippen LogP contribution in [0.4, 0.5) is 13.2 Å². The topological polar surface area (TPSA) is 64.1 Å². The number of carbonyl (C=O) groups is 1. The van der Waals surface area contributed by atoms with Crippen LogP contribution in [0.2, 0.25) is 0 Å². The zero-order valence-corrected chi connectivity index (χ0v) is 14.3. The van der Waals surface area contributed by atoms with Crippen molar-refractivity contribution in [3.05, 3.63) is 47.9 Å². The Balaban J connectivity index is 1.94. The molecule has 0 atom stereocenters. The minimum atomic E-state index is -4.41. The van der Waals surface area contributed by atoms with E-state index < -0.39 is 11.7 Å². The lowest BCUT2D eigenvalue weighted by Gasteiger charge is -2.08. The van der Waals surface area contributed by atoms with Gasteiger partial charge in [0.1, 0.15) is 5.78 Å². The molecule has 0 spiro atoms. The van der Waals surface area contributed by atoms with Crippen molar-refractivity contribution in [1.82, 2.24) is 15.3 Å². The number of hydrogen-bond acceptors (Lipinski definition) is 5. The molecule has 1 N–H and O–H groups in total. The summed E-state index contributed by atoms with van der Waals surface area (Å²) in [6.45, 7) is 1.41. The molecule has 0 saturated carbocycles. The fourth-order valence-corrected chi connectivity index (χ4v) is 2.26. The highest BCUT2D eigenvalue weighted by Crippen LogP contribution is 2.29. The molecule has 26 heavy (non-hydrogen) atoms. The number of pyridine rings is 2. The van der Waals surface area contributed by atoms with Gasteiger partial charge in [-0.15, -0.1) is 0 Å². The Hall–Kier alpha value is -2.32. The second-order valence-electron chi connectivity index (χ2n) is 5.67. The van der Waals surface area contributed by atoms with Gasteiger partial charge in [-0.2, -0.15) is 13.2 Å². The molecule has 0 unspecified atom stereocenters. The van der Waals surface area contributed by atoms with Gasteiger partial charge in [-0.1, -0.05) is 0 Å². The van der Waals surface area contributed by atoms with E-state index in [2.05, 4.69) is 15.3 Å².